The van der Waals surface area contributed by atoms with Crippen molar-refractivity contribution in [1.82, 2.24) is 20.4 Å². The molecule has 3 fully saturated rings. The van der Waals surface area contributed by atoms with Crippen LogP contribution in [0.5, 0.6) is 0 Å². The number of rotatable bonds is 7. The van der Waals surface area contributed by atoms with Gasteiger partial charge < -0.3 is 20.4 Å². The Morgan fingerprint density at radius 2 is 1.74 bits per heavy atom. The minimum absolute atomic E-state index is 0.205. The molecule has 2 saturated heterocycles. The molecule has 2 aliphatic heterocycles. The summed E-state index contributed by atoms with van der Waals surface area (Å²) in [5, 5.41) is 5.35. The van der Waals surface area contributed by atoms with Crippen LogP contribution in [0.15, 0.2) is 48.5 Å². The predicted octanol–water partition coefficient (Wildman–Crippen LogP) is 3.90. The van der Waals surface area contributed by atoms with E-state index in [1.807, 2.05) is 0 Å². The molecule has 2 unspecified atom stereocenters. The van der Waals surface area contributed by atoms with Crippen molar-refractivity contribution in [3.63, 3.8) is 0 Å². The lowest BCUT2D eigenvalue weighted by molar-refractivity contribution is -0.137. The normalized spacial score (nSPS) is 23.0. The van der Waals surface area contributed by atoms with E-state index in [0.29, 0.717) is 24.2 Å². The van der Waals surface area contributed by atoms with Crippen LogP contribution in [-0.2, 0) is 9.59 Å². The predicted molar refractivity (Wildman–Crippen MR) is 134 cm³/mol. The number of likely N-dealkylation sites (tertiary alicyclic amines) is 2. The molecule has 1 saturated carbocycles. The van der Waals surface area contributed by atoms with Gasteiger partial charge in [0, 0.05) is 32.4 Å². The molecule has 0 spiro atoms. The molecule has 5 rings (SSSR count). The molecule has 39 heavy (non-hydrogen) atoms. The number of amides is 4. The Bertz CT molecular complexity index is 1230. The molecule has 0 bridgehead atoms. The van der Waals surface area contributed by atoms with Gasteiger partial charge in [-0.25, -0.2) is 22.4 Å². The molecule has 2 aromatic rings. The molecule has 11 heteroatoms. The Morgan fingerprint density at radius 1 is 1.03 bits per heavy atom. The summed E-state index contributed by atoms with van der Waals surface area (Å²) in [6.07, 6.45) is -1.54. The van der Waals surface area contributed by atoms with Crippen molar-refractivity contribution in [3.8, 4) is 0 Å². The maximum Gasteiger partial charge on any atom is 0.317 e. The second-order valence-corrected chi connectivity index (χ2v) is 10.5. The van der Waals surface area contributed by atoms with Crippen LogP contribution in [0.4, 0.5) is 22.4 Å². The van der Waals surface area contributed by atoms with E-state index in [1.165, 1.54) is 12.1 Å². The molecule has 2 N–H and O–H groups in total. The largest absolute Gasteiger partial charge is 0.343 e. The lowest BCUT2D eigenvalue weighted by Crippen LogP contribution is -2.52. The lowest BCUT2D eigenvalue weighted by atomic mass is 9.76. The van der Waals surface area contributed by atoms with Crippen LogP contribution >= 0.6 is 0 Å². The van der Waals surface area contributed by atoms with Crippen LogP contribution in [0.3, 0.4) is 0 Å². The maximum atomic E-state index is 15.0. The Balaban J connectivity index is 1.31. The summed E-state index contributed by atoms with van der Waals surface area (Å²) in [5.41, 5.74) is 1.22. The van der Waals surface area contributed by atoms with Gasteiger partial charge in [0.2, 0.25) is 17.7 Å². The van der Waals surface area contributed by atoms with Gasteiger partial charge in [0.25, 0.3) is 0 Å². The molecule has 1 aliphatic carbocycles. The fraction of sp³-hybridized carbons (Fsp3) is 0.464. The minimum atomic E-state index is -2.78. The fourth-order valence-corrected chi connectivity index (χ4v) is 5.37. The monoisotopic (exact) mass is 546 g/mol. The van der Waals surface area contributed by atoms with E-state index in [2.05, 4.69) is 10.6 Å². The van der Waals surface area contributed by atoms with E-state index in [0.717, 1.165) is 11.3 Å². The number of nitrogens with zero attached hydrogens (tertiary/aromatic N) is 2. The van der Waals surface area contributed by atoms with Crippen molar-refractivity contribution < 1.29 is 31.9 Å². The number of alkyl halides is 3. The van der Waals surface area contributed by atoms with E-state index in [-0.39, 0.29) is 31.1 Å². The van der Waals surface area contributed by atoms with Crippen molar-refractivity contribution in [3.05, 3.63) is 71.0 Å². The summed E-state index contributed by atoms with van der Waals surface area (Å²) in [7, 11) is 0. The van der Waals surface area contributed by atoms with Gasteiger partial charge in [-0.15, -0.1) is 0 Å². The van der Waals surface area contributed by atoms with Crippen LogP contribution in [0.25, 0.3) is 0 Å². The van der Waals surface area contributed by atoms with Gasteiger partial charge >= 0.3 is 6.03 Å². The summed E-state index contributed by atoms with van der Waals surface area (Å²) < 4.78 is 56.1. The molecule has 4 amide bonds. The number of nitrogens with one attached hydrogen (secondary N) is 2. The van der Waals surface area contributed by atoms with Crippen LogP contribution in [-0.4, -0.2) is 72.0 Å². The molecule has 7 nitrogen and oxygen atoms in total. The van der Waals surface area contributed by atoms with Crippen molar-refractivity contribution in [2.45, 2.75) is 55.8 Å². The van der Waals surface area contributed by atoms with E-state index < -0.39 is 60.6 Å². The number of benzene rings is 2. The number of halogens is 4. The van der Waals surface area contributed by atoms with Crippen molar-refractivity contribution in [1.29, 1.82) is 0 Å². The highest BCUT2D eigenvalue weighted by atomic mass is 19.3. The molecular formula is C28H30F4N4O3. The van der Waals surface area contributed by atoms with E-state index in [4.69, 9.17) is 0 Å². The molecule has 3 atom stereocenters. The van der Waals surface area contributed by atoms with Gasteiger partial charge in [0.1, 0.15) is 18.0 Å². The lowest BCUT2D eigenvalue weighted by Gasteiger charge is -2.35. The third-order valence-electron chi connectivity index (χ3n) is 7.71. The summed E-state index contributed by atoms with van der Waals surface area (Å²) in [5.74, 6) is -5.18. The second-order valence-electron chi connectivity index (χ2n) is 10.5. The Hall–Kier alpha value is -3.63. The minimum Gasteiger partial charge on any atom is -0.343 e. The van der Waals surface area contributed by atoms with E-state index >= 15 is 4.39 Å². The van der Waals surface area contributed by atoms with Gasteiger partial charge in [0.15, 0.2) is 0 Å². The van der Waals surface area contributed by atoms with Gasteiger partial charge in [-0.05, 0) is 35.1 Å². The maximum absolute atomic E-state index is 15.0. The fourth-order valence-electron chi connectivity index (χ4n) is 5.37. The Morgan fingerprint density at radius 3 is 2.36 bits per heavy atom. The third kappa shape index (κ3) is 5.86. The molecule has 3 aliphatic rings. The summed E-state index contributed by atoms with van der Waals surface area (Å²) in [6, 6.07) is 10.7. The first-order valence-corrected chi connectivity index (χ1v) is 13.1. The average molecular weight is 547 g/mol. The molecule has 208 valence electrons. The zero-order valence-corrected chi connectivity index (χ0v) is 21.2. The number of carbonyl (C=O) groups excluding carboxylic acids is 3. The van der Waals surface area contributed by atoms with Gasteiger partial charge in [-0.1, -0.05) is 42.5 Å². The SMILES string of the molecule is O=C(N[C@H](c1ccccc1)c1ccc(C2CC(F)(F)C2)c(F)c1)C1CC(F)CN1C(=O)CNC(=O)N1CCC1. The number of urea groups is 1. The third-order valence-corrected chi connectivity index (χ3v) is 7.71. The first kappa shape index (κ1) is 27.0. The van der Waals surface area contributed by atoms with E-state index in [1.54, 1.807) is 41.3 Å². The van der Waals surface area contributed by atoms with Crippen molar-refractivity contribution in [2.24, 2.45) is 0 Å². The zero-order chi connectivity index (χ0) is 27.7. The molecule has 2 aromatic carbocycles. The average Bonchev–Trinajstić information content (AvgIpc) is 3.25. The van der Waals surface area contributed by atoms with E-state index in [9.17, 15) is 27.6 Å². The molecule has 2 heterocycles. The summed E-state index contributed by atoms with van der Waals surface area (Å²) in [6.45, 7) is 0.580. The molecule has 0 radical (unpaired) electrons. The first-order valence-electron chi connectivity index (χ1n) is 13.1. The summed E-state index contributed by atoms with van der Waals surface area (Å²) >= 11 is 0. The molecular weight excluding hydrogens is 516 g/mol. The van der Waals surface area contributed by atoms with Gasteiger partial charge in [0.05, 0.1) is 19.1 Å². The van der Waals surface area contributed by atoms with Crippen molar-refractivity contribution >= 4 is 17.8 Å². The smallest absolute Gasteiger partial charge is 0.317 e. The number of hydrogen-bond donors (Lipinski definition) is 2. The van der Waals surface area contributed by atoms with Crippen LogP contribution in [0.1, 0.15) is 54.3 Å². The quantitative estimate of drug-likeness (QED) is 0.517. The topological polar surface area (TPSA) is 81.8 Å². The molecule has 0 aromatic heterocycles. The Labute approximate surface area is 223 Å². The van der Waals surface area contributed by atoms with Crippen LogP contribution < -0.4 is 10.6 Å². The second kappa shape index (κ2) is 10.9. The highest BCUT2D eigenvalue weighted by molar-refractivity contribution is 5.91. The summed E-state index contributed by atoms with van der Waals surface area (Å²) in [4.78, 5) is 41.0. The highest BCUT2D eigenvalue weighted by Gasteiger charge is 2.47. The Kier molecular flexibility index (Phi) is 7.51. The van der Waals surface area contributed by atoms with Crippen LogP contribution in [0, 0.1) is 5.82 Å². The standard InChI is InChI=1S/C28H30F4N4O3/c29-20-12-23(36(16-20)24(37)15-33-27(39)35-9-4-10-35)26(38)34-25(17-5-2-1-3-6-17)18-7-8-21(22(30)11-18)19-13-28(31,32)14-19/h1-3,5-8,11,19-20,23,25H,4,9-10,12-16H2,(H,33,39)(H,34,38)/t20?,23?,25-/m1/s1. The first-order chi connectivity index (χ1) is 18.6. The highest BCUT2D eigenvalue weighted by Crippen LogP contribution is 2.49. The van der Waals surface area contributed by atoms with Gasteiger partial charge in [-0.3, -0.25) is 9.59 Å². The van der Waals surface area contributed by atoms with Gasteiger partial charge in [-0.2, -0.15) is 0 Å². The van der Waals surface area contributed by atoms with Crippen molar-refractivity contribution in [2.75, 3.05) is 26.2 Å². The number of carbonyl (C=O) groups is 3. The van der Waals surface area contributed by atoms with Crippen LogP contribution in [0.2, 0.25) is 0 Å². The zero-order valence-electron chi connectivity index (χ0n) is 21.2. The number of hydrogen-bond acceptors (Lipinski definition) is 3.